The number of ether oxygens (including phenoxy) is 4. The van der Waals surface area contributed by atoms with Crippen molar-refractivity contribution < 1.29 is 65.4 Å². The third-order valence-corrected chi connectivity index (χ3v) is 26.5. The number of benzene rings is 6. The zero-order chi connectivity index (χ0) is 95.2. The summed E-state index contributed by atoms with van der Waals surface area (Å²) < 4.78 is 121. The number of fused-ring (bicyclic) bond motifs is 5. The van der Waals surface area contributed by atoms with E-state index in [1.807, 2.05) is 39.5 Å². The lowest BCUT2D eigenvalue weighted by atomic mass is 9.95. The SMILES string of the molecule is BrBr.COc1c2c(cc[n+]1[O-])nc(-c1ccccc1F)n2C1CCCCC1.COc1nc(Br)cc2nc(-c3ccccc3F)n(C3CCCCC3)c12.COc1nccc2nc(-c3ccccc3F)n(C3CCCCC3)c12.O.O=C(O)c1cc2nc(-c3ccccc3F)n(C3CCCCC3)c2c(=O)n1Cc1ccc(F)cc1.[C-]#[N+]c1cc2nc(-c3ccccc3F)n(C3CCCCC3)c2c(OC)n1. The van der Waals surface area contributed by atoms with Crippen LogP contribution in [0.4, 0.5) is 32.2 Å². The van der Waals surface area contributed by atoms with E-state index < -0.39 is 23.2 Å². The van der Waals surface area contributed by atoms with Gasteiger partial charge in [0.2, 0.25) is 11.8 Å². The van der Waals surface area contributed by atoms with E-state index in [4.69, 9.17) is 40.5 Å². The molecule has 10 heterocycles. The van der Waals surface area contributed by atoms with E-state index in [1.54, 1.807) is 105 Å². The summed E-state index contributed by atoms with van der Waals surface area (Å²) >= 11 is 8.91. The fraction of sp³-hybridized carbons (Fsp3) is 0.340. The highest BCUT2D eigenvalue weighted by molar-refractivity contribution is 9.93. The number of halogens is 9. The highest BCUT2D eigenvalue weighted by Gasteiger charge is 2.35. The van der Waals surface area contributed by atoms with Crippen molar-refractivity contribution in [1.82, 2.24) is 67.3 Å². The maximum Gasteiger partial charge on any atom is 0.406 e. The van der Waals surface area contributed by atoms with Crippen molar-refractivity contribution in [2.24, 2.45) is 0 Å². The Hall–Kier alpha value is -12.8. The number of pyridine rings is 5. The molecule has 0 bridgehead atoms. The lowest BCUT2D eigenvalue weighted by molar-refractivity contribution is -0.610. The first-order valence-corrected chi connectivity index (χ1v) is 50.4. The van der Waals surface area contributed by atoms with Gasteiger partial charge in [0.05, 0.1) is 84.9 Å². The standard InChI is InChI=1S/C26H23F2N3O3.C20H19FN4O.C19H19BrFN3O.C19H20FN3O2.C19H20FN3O.Br2.H2O/c27-17-12-10-16(11-13-17)15-30-22(26(33)34)14-21-23(25(30)32)31(18-6-2-1-3-7-18)24(29-21)19-8-4-5-9-20(19)28;1-22-17-12-16-18(20(24-17)26-2)25(13-8-4-3-5-9-13)19(23-16)14-10-6-7-11-15(14)21;1-25-19-17-15(11-16(20)23-19)22-18(13-9-5-6-10-14(13)21)24(17)12-7-3-2-4-8-12;1-25-19-17-16(11-12-22(19)24)21-18(14-9-5-6-10-15(14)20)23(17)13-7-3-2-4-8-13;1-24-19-17-16(11-12-21-19)22-18(14-9-5-6-10-15(14)20)23(17)13-7-3-2-4-8-13;1-2;/h4-5,8-14,18H,1-3,6-7,15H2,(H,33,34);6-7,10-13H,3-5,8-9H2,2H3;5-6,9-12H,2-4,7-8H2,1H3;5-6,9-13H,2-4,7-8H2,1H3;5-6,9-13H,2-4,7-8H2,1H3;;1H2. The Morgan fingerprint density at radius 1 is 0.423 bits per heavy atom. The zero-order valence-electron chi connectivity index (χ0n) is 76.0. The van der Waals surface area contributed by atoms with E-state index in [1.165, 1.54) is 137 Å². The molecule has 10 aromatic heterocycles. The molecule has 0 saturated heterocycles. The van der Waals surface area contributed by atoms with Gasteiger partial charge >= 0.3 is 17.7 Å². The van der Waals surface area contributed by atoms with Crippen LogP contribution >= 0.6 is 44.2 Å². The Labute approximate surface area is 810 Å². The predicted octanol–water partition coefficient (Wildman–Crippen LogP) is 25.8. The molecular weight excluding hydrogens is 1960 g/mol. The summed E-state index contributed by atoms with van der Waals surface area (Å²) in [5, 5.41) is 22.0. The molecule has 3 N–H and O–H groups in total. The normalized spacial score (nSPS) is 15.0. The van der Waals surface area contributed by atoms with Crippen molar-refractivity contribution in [2.75, 3.05) is 28.4 Å². The molecule has 6 aromatic carbocycles. The monoisotopic (exact) mass is 2060 g/mol. The largest absolute Gasteiger partial charge is 0.616 e. The molecule has 0 amide bonds. The first kappa shape index (κ1) is 98.7. The summed E-state index contributed by atoms with van der Waals surface area (Å²) in [7, 11) is 6.23. The van der Waals surface area contributed by atoms with Gasteiger partial charge in [0.1, 0.15) is 96.4 Å². The van der Waals surface area contributed by atoms with Crippen LogP contribution in [0.25, 0.3) is 117 Å². The first-order valence-electron chi connectivity index (χ1n) is 45.9. The number of carboxylic acids is 1. The Morgan fingerprint density at radius 2 is 0.752 bits per heavy atom. The summed E-state index contributed by atoms with van der Waals surface area (Å²) in [5.41, 5.74) is 8.47. The van der Waals surface area contributed by atoms with E-state index >= 15 is 0 Å². The van der Waals surface area contributed by atoms with E-state index in [0.717, 1.165) is 137 Å². The van der Waals surface area contributed by atoms with Crippen LogP contribution in [0.15, 0.2) is 198 Å². The number of carboxylic acid groups (broad SMARTS) is 1. The molecule has 16 aromatic rings. The minimum absolute atomic E-state index is 0. The average molecular weight is 2060 g/mol. The molecule has 0 spiro atoms. The van der Waals surface area contributed by atoms with E-state index in [0.29, 0.717) is 107 Å². The number of carbonyl (C=O) groups is 1. The van der Waals surface area contributed by atoms with Crippen LogP contribution in [0.2, 0.25) is 0 Å². The average Bonchev–Trinajstić information content (AvgIpc) is 1.63. The van der Waals surface area contributed by atoms with Gasteiger partial charge in [-0.25, -0.2) is 66.0 Å². The molecule has 21 rings (SSSR count). The second-order valence-electron chi connectivity index (χ2n) is 34.3. The van der Waals surface area contributed by atoms with Gasteiger partial charge in [0, 0.05) is 70.7 Å². The minimum Gasteiger partial charge on any atom is -0.616 e. The summed E-state index contributed by atoms with van der Waals surface area (Å²) in [6, 6.07) is 48.1. The van der Waals surface area contributed by atoms with Crippen LogP contribution in [0, 0.1) is 46.7 Å². The minimum atomic E-state index is -1.28. The van der Waals surface area contributed by atoms with Gasteiger partial charge in [0.15, 0.2) is 17.2 Å². The van der Waals surface area contributed by atoms with Crippen LogP contribution < -0.4 is 29.2 Å². The molecule has 0 unspecified atom stereocenters. The molecule has 0 atom stereocenters. The molecule has 712 valence electrons. The maximum absolute atomic E-state index is 14.8. The summed E-state index contributed by atoms with van der Waals surface area (Å²) in [6.07, 6.45) is 30.2. The van der Waals surface area contributed by atoms with Crippen molar-refractivity contribution in [2.45, 2.75) is 197 Å². The molecule has 5 aliphatic rings. The van der Waals surface area contributed by atoms with Crippen LogP contribution in [-0.2, 0) is 6.54 Å². The molecular formula is C103H103Br3F6N16O9. The maximum atomic E-state index is 14.8. The second-order valence-corrected chi connectivity index (χ2v) is 35.1. The number of rotatable bonds is 17. The molecule has 0 aliphatic heterocycles. The number of hydrogen-bond donors (Lipinski definition) is 1. The molecule has 0 radical (unpaired) electrons. The van der Waals surface area contributed by atoms with Crippen molar-refractivity contribution in [3.63, 3.8) is 0 Å². The number of imidazole rings is 5. The highest BCUT2D eigenvalue weighted by atomic mass is 80.9. The van der Waals surface area contributed by atoms with Crippen molar-refractivity contribution in [3.8, 4) is 80.5 Å². The smallest absolute Gasteiger partial charge is 0.406 e. The zero-order valence-corrected chi connectivity index (χ0v) is 80.8. The molecule has 5 saturated carbocycles. The first-order chi connectivity index (χ1) is 66.3. The molecule has 25 nitrogen and oxygen atoms in total. The topological polar surface area (TPSA) is 287 Å². The summed E-state index contributed by atoms with van der Waals surface area (Å²) in [5.74, 6) is 1.35. The van der Waals surface area contributed by atoms with Gasteiger partial charge in [-0.3, -0.25) is 9.36 Å². The third-order valence-electron chi connectivity index (χ3n) is 26.1. The Morgan fingerprint density at radius 3 is 1.11 bits per heavy atom. The van der Waals surface area contributed by atoms with Gasteiger partial charge in [-0.15, -0.1) is 4.73 Å². The van der Waals surface area contributed by atoms with E-state index in [9.17, 15) is 46.2 Å². The predicted molar refractivity (Wildman–Crippen MR) is 527 cm³/mol. The van der Waals surface area contributed by atoms with Crippen LogP contribution in [0.1, 0.15) is 207 Å². The lowest BCUT2D eigenvalue weighted by Crippen LogP contribution is -2.29. The number of methoxy groups -OCH3 is 4. The van der Waals surface area contributed by atoms with Gasteiger partial charge in [0.25, 0.3) is 11.4 Å². The lowest BCUT2D eigenvalue weighted by Gasteiger charge is -2.26. The number of nitrogens with zero attached hydrogens (tertiary/aromatic N) is 16. The van der Waals surface area contributed by atoms with Gasteiger partial charge in [-0.2, -0.15) is 0 Å². The summed E-state index contributed by atoms with van der Waals surface area (Å²) in [4.78, 5) is 65.8. The van der Waals surface area contributed by atoms with Crippen LogP contribution in [0.3, 0.4) is 0 Å². The Kier molecular flexibility index (Phi) is 32.7. The molecule has 34 heteroatoms. The van der Waals surface area contributed by atoms with E-state index in [2.05, 4.69) is 87.7 Å². The number of aromatic nitrogens is 15. The third kappa shape index (κ3) is 21.0. The van der Waals surface area contributed by atoms with Gasteiger partial charge in [-0.1, -0.05) is 181 Å². The number of hydrogen-bond acceptors (Lipinski definition) is 15. The van der Waals surface area contributed by atoms with Crippen molar-refractivity contribution in [1.29, 1.82) is 0 Å². The Bertz CT molecular complexity index is 7030. The summed E-state index contributed by atoms with van der Waals surface area (Å²) in [6.45, 7) is 7.22. The highest BCUT2D eigenvalue weighted by Crippen LogP contribution is 2.46. The van der Waals surface area contributed by atoms with Crippen LogP contribution in [0.5, 0.6) is 23.5 Å². The van der Waals surface area contributed by atoms with E-state index in [-0.39, 0.29) is 93.4 Å². The molecule has 5 aliphatic carbocycles. The van der Waals surface area contributed by atoms with Crippen molar-refractivity contribution >= 4 is 111 Å². The number of aromatic carboxylic acids is 1. The van der Waals surface area contributed by atoms with Gasteiger partial charge < -0.3 is 62.4 Å². The van der Waals surface area contributed by atoms with Crippen LogP contribution in [-0.4, -0.2) is 112 Å². The second kappa shape index (κ2) is 45.4. The van der Waals surface area contributed by atoms with Crippen molar-refractivity contribution in [3.05, 3.63) is 266 Å². The molecule has 137 heavy (non-hydrogen) atoms. The van der Waals surface area contributed by atoms with Gasteiger partial charge in [-0.05, 0) is 183 Å². The Balaban J connectivity index is 0.000000130. The fourth-order valence-electron chi connectivity index (χ4n) is 19.9. The molecule has 5 fully saturated rings. The quantitative estimate of drug-likeness (QED) is 0.0291. The fourth-order valence-corrected chi connectivity index (χ4v) is 20.2.